The van der Waals surface area contributed by atoms with Gasteiger partial charge in [0.25, 0.3) is 0 Å². The smallest absolute Gasteiger partial charge is 0.237 e. The molecule has 108 valence electrons. The highest BCUT2D eigenvalue weighted by atomic mass is 16.5. The largest absolute Gasteiger partial charge is 0.409 e. The van der Waals surface area contributed by atoms with Crippen molar-refractivity contribution in [1.29, 1.82) is 0 Å². The first-order valence-electron chi connectivity index (χ1n) is 6.11. The Morgan fingerprint density at radius 3 is 2.37 bits per heavy atom. The molecule has 8 heteroatoms. The van der Waals surface area contributed by atoms with Crippen LogP contribution in [-0.4, -0.2) is 54.1 Å². The molecule has 0 aliphatic carbocycles. The number of rotatable bonds is 5. The number of hydrogen-bond acceptors (Lipinski definition) is 5. The van der Waals surface area contributed by atoms with Crippen LogP contribution in [0.1, 0.15) is 19.8 Å². The van der Waals surface area contributed by atoms with E-state index in [1.807, 2.05) is 0 Å². The van der Waals surface area contributed by atoms with Crippen molar-refractivity contribution >= 4 is 17.6 Å². The lowest BCUT2D eigenvalue weighted by Gasteiger charge is -2.37. The average molecular weight is 272 g/mol. The molecule has 0 bridgehead atoms. The lowest BCUT2D eigenvalue weighted by Crippen LogP contribution is -2.55. The number of ether oxygens (including phenoxy) is 1. The van der Waals surface area contributed by atoms with Crippen molar-refractivity contribution in [1.82, 2.24) is 4.90 Å². The van der Waals surface area contributed by atoms with Crippen LogP contribution >= 0.6 is 0 Å². The Hall–Kier alpha value is -1.83. The number of likely N-dealkylation sites (N-methyl/N-ethyl adjacent to an activating group) is 1. The van der Waals surface area contributed by atoms with Gasteiger partial charge in [-0.15, -0.1) is 0 Å². The summed E-state index contributed by atoms with van der Waals surface area (Å²) in [6.07, 6.45) is 0.633. The molecule has 1 saturated heterocycles. The highest BCUT2D eigenvalue weighted by Gasteiger charge is 2.46. The highest BCUT2D eigenvalue weighted by Crippen LogP contribution is 2.33. The molecule has 19 heavy (non-hydrogen) atoms. The Labute approximate surface area is 111 Å². The van der Waals surface area contributed by atoms with Gasteiger partial charge in [0, 0.05) is 19.8 Å². The average Bonchev–Trinajstić information content (AvgIpc) is 2.43. The van der Waals surface area contributed by atoms with E-state index in [-0.39, 0.29) is 18.3 Å². The van der Waals surface area contributed by atoms with Gasteiger partial charge in [-0.1, -0.05) is 5.16 Å². The predicted molar refractivity (Wildman–Crippen MR) is 67.3 cm³/mol. The maximum Gasteiger partial charge on any atom is 0.237 e. The van der Waals surface area contributed by atoms with Crippen LogP contribution in [0.25, 0.3) is 0 Å². The minimum absolute atomic E-state index is 0.149. The molecule has 0 aromatic heterocycles. The second-order valence-electron chi connectivity index (χ2n) is 4.47. The Kier molecular flexibility index (Phi) is 5.11. The molecule has 8 nitrogen and oxygen atoms in total. The summed E-state index contributed by atoms with van der Waals surface area (Å²) in [6, 6.07) is 0. The molecule has 0 aromatic rings. The third kappa shape index (κ3) is 3.14. The molecule has 0 unspecified atom stereocenters. The maximum absolute atomic E-state index is 12.6. The minimum atomic E-state index is -1.11. The molecule has 0 spiro atoms. The summed E-state index contributed by atoms with van der Waals surface area (Å²) in [5, 5.41) is 11.9. The monoisotopic (exact) mass is 272 g/mol. The molecule has 0 aromatic carbocycles. The van der Waals surface area contributed by atoms with E-state index >= 15 is 0 Å². The van der Waals surface area contributed by atoms with Crippen LogP contribution in [0.15, 0.2) is 5.16 Å². The van der Waals surface area contributed by atoms with E-state index in [2.05, 4.69) is 5.16 Å². The SMILES string of the molecule is CCN(CC(N)=O)C(=O)C1(C(N)=NO)CCOCC1. The van der Waals surface area contributed by atoms with Gasteiger partial charge in [0.05, 0.1) is 6.54 Å². The lowest BCUT2D eigenvalue weighted by atomic mass is 9.77. The molecule has 5 N–H and O–H groups in total. The zero-order valence-corrected chi connectivity index (χ0v) is 11.0. The third-order valence-electron chi connectivity index (χ3n) is 3.37. The van der Waals surface area contributed by atoms with E-state index in [4.69, 9.17) is 21.4 Å². The molecule has 1 aliphatic heterocycles. The molecular weight excluding hydrogens is 252 g/mol. The number of oxime groups is 1. The summed E-state index contributed by atoms with van der Waals surface area (Å²) >= 11 is 0. The first-order valence-corrected chi connectivity index (χ1v) is 6.11. The van der Waals surface area contributed by atoms with E-state index in [1.54, 1.807) is 6.92 Å². The van der Waals surface area contributed by atoms with Gasteiger partial charge in [-0.2, -0.15) is 0 Å². The van der Waals surface area contributed by atoms with Crippen LogP contribution in [0, 0.1) is 5.41 Å². The fourth-order valence-corrected chi connectivity index (χ4v) is 2.21. The minimum Gasteiger partial charge on any atom is -0.409 e. The quantitative estimate of drug-likeness (QED) is 0.252. The first-order chi connectivity index (χ1) is 8.97. The van der Waals surface area contributed by atoms with Gasteiger partial charge < -0.3 is 26.3 Å². The van der Waals surface area contributed by atoms with Crippen LogP contribution < -0.4 is 11.5 Å². The number of nitrogens with zero attached hydrogens (tertiary/aromatic N) is 2. The van der Waals surface area contributed by atoms with Crippen molar-refractivity contribution < 1.29 is 19.5 Å². The number of amidine groups is 1. The molecule has 1 fully saturated rings. The number of primary amides is 1. The van der Waals surface area contributed by atoms with E-state index in [0.29, 0.717) is 32.6 Å². The molecule has 2 amide bonds. The van der Waals surface area contributed by atoms with Crippen LogP contribution in [0.3, 0.4) is 0 Å². The number of carbonyl (C=O) groups is 2. The van der Waals surface area contributed by atoms with Gasteiger partial charge >= 0.3 is 0 Å². The molecule has 0 radical (unpaired) electrons. The number of hydrogen-bond donors (Lipinski definition) is 3. The zero-order chi connectivity index (χ0) is 14.5. The van der Waals surface area contributed by atoms with Crippen LogP contribution in [0.5, 0.6) is 0 Å². The van der Waals surface area contributed by atoms with Gasteiger partial charge in [0.2, 0.25) is 11.8 Å². The van der Waals surface area contributed by atoms with Crippen LogP contribution in [-0.2, 0) is 14.3 Å². The molecular formula is C11H20N4O4. The molecule has 0 saturated carbocycles. The fraction of sp³-hybridized carbons (Fsp3) is 0.727. The zero-order valence-electron chi connectivity index (χ0n) is 11.0. The normalized spacial score (nSPS) is 18.9. The van der Waals surface area contributed by atoms with E-state index in [0.717, 1.165) is 0 Å². The number of carbonyl (C=O) groups excluding carboxylic acids is 2. The Morgan fingerprint density at radius 1 is 1.37 bits per heavy atom. The summed E-state index contributed by atoms with van der Waals surface area (Å²) in [7, 11) is 0. The summed E-state index contributed by atoms with van der Waals surface area (Å²) in [5.74, 6) is -1.10. The summed E-state index contributed by atoms with van der Waals surface area (Å²) in [6.45, 7) is 2.56. The molecule has 1 rings (SSSR count). The van der Waals surface area contributed by atoms with E-state index in [1.165, 1.54) is 4.90 Å². The number of nitrogens with two attached hydrogens (primary N) is 2. The van der Waals surface area contributed by atoms with Crippen molar-refractivity contribution in [2.24, 2.45) is 22.0 Å². The summed E-state index contributed by atoms with van der Waals surface area (Å²) < 4.78 is 5.21. The second kappa shape index (κ2) is 6.37. The maximum atomic E-state index is 12.6. The van der Waals surface area contributed by atoms with Crippen molar-refractivity contribution in [3.05, 3.63) is 0 Å². The Bertz CT molecular complexity index is 377. The van der Waals surface area contributed by atoms with Gasteiger partial charge in [-0.05, 0) is 19.8 Å². The van der Waals surface area contributed by atoms with Gasteiger partial charge in [0.1, 0.15) is 5.41 Å². The second-order valence-corrected chi connectivity index (χ2v) is 4.47. The van der Waals surface area contributed by atoms with Crippen molar-refractivity contribution in [2.75, 3.05) is 26.3 Å². The van der Waals surface area contributed by atoms with E-state index < -0.39 is 11.3 Å². The van der Waals surface area contributed by atoms with Crippen molar-refractivity contribution in [3.8, 4) is 0 Å². The van der Waals surface area contributed by atoms with Crippen molar-refractivity contribution in [2.45, 2.75) is 19.8 Å². The molecule has 1 aliphatic rings. The summed E-state index contributed by atoms with van der Waals surface area (Å²) in [4.78, 5) is 24.9. The predicted octanol–water partition coefficient (Wildman–Crippen LogP) is -1.14. The third-order valence-corrected chi connectivity index (χ3v) is 3.37. The van der Waals surface area contributed by atoms with Crippen LogP contribution in [0.4, 0.5) is 0 Å². The Balaban J connectivity index is 3.03. The van der Waals surface area contributed by atoms with Gasteiger partial charge in [-0.3, -0.25) is 9.59 Å². The molecule has 0 atom stereocenters. The first kappa shape index (κ1) is 15.2. The molecule has 1 heterocycles. The Morgan fingerprint density at radius 2 is 1.95 bits per heavy atom. The fourth-order valence-electron chi connectivity index (χ4n) is 2.21. The van der Waals surface area contributed by atoms with Gasteiger partial charge in [-0.25, -0.2) is 0 Å². The standard InChI is InChI=1S/C11H20N4O4/c1-2-15(7-8(12)16)10(17)11(9(13)14-18)3-5-19-6-4-11/h18H,2-7H2,1H3,(H2,12,16)(H2,13,14). The van der Waals surface area contributed by atoms with Gasteiger partial charge in [0.15, 0.2) is 5.84 Å². The lowest BCUT2D eigenvalue weighted by molar-refractivity contribution is -0.144. The topological polar surface area (TPSA) is 131 Å². The van der Waals surface area contributed by atoms with Crippen molar-refractivity contribution in [3.63, 3.8) is 0 Å². The van der Waals surface area contributed by atoms with Crippen LogP contribution in [0.2, 0.25) is 0 Å². The number of amides is 2. The summed E-state index contributed by atoms with van der Waals surface area (Å²) in [5.41, 5.74) is 9.69. The van der Waals surface area contributed by atoms with E-state index in [9.17, 15) is 9.59 Å². The highest BCUT2D eigenvalue weighted by molar-refractivity contribution is 6.07.